The van der Waals surface area contributed by atoms with Crippen LogP contribution in [-0.2, 0) is 4.74 Å². The number of ether oxygens (including phenoxy) is 3. The molecule has 0 aliphatic rings. The second-order valence-electron chi connectivity index (χ2n) is 6.90. The maximum Gasteiger partial charge on any atom is 0.340 e. The molecule has 0 amide bonds. The number of carbonyl (C=O) groups is 1. The van der Waals surface area contributed by atoms with Gasteiger partial charge in [0.1, 0.15) is 30.5 Å². The fourth-order valence-corrected chi connectivity index (χ4v) is 3.29. The monoisotopic (exact) mass is 433 g/mol. The van der Waals surface area contributed by atoms with E-state index in [0.29, 0.717) is 28.0 Å². The molecule has 162 valence electrons. The van der Waals surface area contributed by atoms with Crippen LogP contribution in [-0.4, -0.2) is 30.9 Å². The first kappa shape index (κ1) is 21.1. The lowest BCUT2D eigenvalue weighted by Gasteiger charge is -2.13. The maximum absolute atomic E-state index is 13.0. The van der Waals surface area contributed by atoms with Crippen molar-refractivity contribution in [2.24, 2.45) is 0 Å². The third-order valence-corrected chi connectivity index (χ3v) is 4.89. The highest BCUT2D eigenvalue weighted by atomic mass is 19.1. The first-order valence-corrected chi connectivity index (χ1v) is 9.91. The van der Waals surface area contributed by atoms with E-state index in [2.05, 4.69) is 0 Å². The number of hydrogen-bond acceptors (Lipinski definition) is 5. The molecule has 4 aromatic rings. The Kier molecular flexibility index (Phi) is 6.17. The highest BCUT2D eigenvalue weighted by Gasteiger charge is 2.17. The van der Waals surface area contributed by atoms with Crippen LogP contribution in [0.15, 0.2) is 83.8 Å². The summed E-state index contributed by atoms with van der Waals surface area (Å²) in [5.41, 5.74) is 0.606. The summed E-state index contributed by atoms with van der Waals surface area (Å²) in [6.45, 7) is 0.0968. The number of methoxy groups -OCH3 is 1. The number of nitrogens with zero attached hydrogens (tertiary/aromatic N) is 1. The van der Waals surface area contributed by atoms with E-state index in [1.54, 1.807) is 55.6 Å². The van der Waals surface area contributed by atoms with Crippen molar-refractivity contribution in [1.82, 2.24) is 4.57 Å². The van der Waals surface area contributed by atoms with E-state index in [4.69, 9.17) is 14.2 Å². The van der Waals surface area contributed by atoms with Crippen LogP contribution >= 0.6 is 0 Å². The highest BCUT2D eigenvalue weighted by molar-refractivity contribution is 6.04. The van der Waals surface area contributed by atoms with Crippen molar-refractivity contribution in [3.8, 4) is 17.2 Å². The van der Waals surface area contributed by atoms with Crippen molar-refractivity contribution in [2.45, 2.75) is 0 Å². The molecule has 0 saturated carbocycles. The van der Waals surface area contributed by atoms with Gasteiger partial charge in [0.2, 0.25) is 0 Å². The molecule has 3 aromatic carbocycles. The lowest BCUT2D eigenvalue weighted by atomic mass is 10.1. The predicted octanol–water partition coefficient (Wildman–Crippen LogP) is 4.37. The van der Waals surface area contributed by atoms with Crippen molar-refractivity contribution in [3.05, 3.63) is 101 Å². The molecular formula is C25H20FNO5. The fraction of sp³-hybridized carbons (Fsp3) is 0.120. The molecule has 0 bridgehead atoms. The van der Waals surface area contributed by atoms with E-state index < -0.39 is 5.97 Å². The molecular weight excluding hydrogens is 413 g/mol. The lowest BCUT2D eigenvalue weighted by molar-refractivity contribution is 0.0452. The third kappa shape index (κ3) is 4.46. The molecule has 1 heterocycles. The van der Waals surface area contributed by atoms with Gasteiger partial charge in [-0.1, -0.05) is 18.2 Å². The van der Waals surface area contributed by atoms with Crippen LogP contribution in [0.2, 0.25) is 0 Å². The number of benzene rings is 3. The van der Waals surface area contributed by atoms with Gasteiger partial charge >= 0.3 is 5.97 Å². The van der Waals surface area contributed by atoms with Crippen molar-refractivity contribution in [1.29, 1.82) is 0 Å². The van der Waals surface area contributed by atoms with Crippen molar-refractivity contribution < 1.29 is 23.4 Å². The van der Waals surface area contributed by atoms with E-state index in [1.165, 1.54) is 35.0 Å². The Bertz CT molecular complexity index is 1300. The Hall–Kier alpha value is -4.13. The summed E-state index contributed by atoms with van der Waals surface area (Å²) < 4.78 is 30.4. The molecule has 7 heteroatoms. The number of aromatic nitrogens is 1. The van der Waals surface area contributed by atoms with Gasteiger partial charge in [-0.2, -0.15) is 0 Å². The van der Waals surface area contributed by atoms with Crippen molar-refractivity contribution in [2.75, 3.05) is 20.3 Å². The minimum atomic E-state index is -0.578. The molecule has 0 saturated heterocycles. The Morgan fingerprint density at radius 2 is 1.53 bits per heavy atom. The molecule has 0 fully saturated rings. The Morgan fingerprint density at radius 3 is 2.22 bits per heavy atom. The molecule has 4 rings (SSSR count). The van der Waals surface area contributed by atoms with E-state index in [9.17, 15) is 14.0 Å². The van der Waals surface area contributed by atoms with Crippen LogP contribution < -0.4 is 15.0 Å². The number of hydrogen-bond donors (Lipinski definition) is 0. The van der Waals surface area contributed by atoms with E-state index in [-0.39, 0.29) is 30.2 Å². The van der Waals surface area contributed by atoms with Crippen LogP contribution in [0.1, 0.15) is 10.4 Å². The molecule has 0 spiro atoms. The van der Waals surface area contributed by atoms with Crippen LogP contribution in [0.3, 0.4) is 0 Å². The lowest BCUT2D eigenvalue weighted by Crippen LogP contribution is -2.22. The molecule has 6 nitrogen and oxygen atoms in total. The van der Waals surface area contributed by atoms with E-state index in [0.717, 1.165) is 0 Å². The average molecular weight is 433 g/mol. The second-order valence-corrected chi connectivity index (χ2v) is 6.90. The zero-order valence-electron chi connectivity index (χ0n) is 17.3. The smallest absolute Gasteiger partial charge is 0.340 e. The van der Waals surface area contributed by atoms with Gasteiger partial charge in [0.15, 0.2) is 0 Å². The van der Waals surface area contributed by atoms with Gasteiger partial charge in [-0.15, -0.1) is 0 Å². The fourth-order valence-electron chi connectivity index (χ4n) is 3.29. The summed E-state index contributed by atoms with van der Waals surface area (Å²) in [5.74, 6) is 0.193. The second kappa shape index (κ2) is 9.34. The SMILES string of the molecule is COc1ccc(-n2cc(C(=O)OCCOc3ccc(F)cc3)c3ccccc3c2=O)cc1. The average Bonchev–Trinajstić information content (AvgIpc) is 2.83. The predicted molar refractivity (Wildman–Crippen MR) is 118 cm³/mol. The third-order valence-electron chi connectivity index (χ3n) is 4.89. The number of fused-ring (bicyclic) bond motifs is 1. The van der Waals surface area contributed by atoms with Crippen molar-refractivity contribution in [3.63, 3.8) is 0 Å². The van der Waals surface area contributed by atoms with Gasteiger partial charge in [0.05, 0.1) is 12.7 Å². The molecule has 0 aliphatic carbocycles. The van der Waals surface area contributed by atoms with Gasteiger partial charge < -0.3 is 14.2 Å². The Labute approximate surface area is 183 Å². The summed E-state index contributed by atoms with van der Waals surface area (Å²) in [4.78, 5) is 25.9. The molecule has 0 unspecified atom stereocenters. The summed E-state index contributed by atoms with van der Waals surface area (Å²) in [6.07, 6.45) is 1.48. The maximum atomic E-state index is 13.0. The molecule has 1 aromatic heterocycles. The quantitative estimate of drug-likeness (QED) is 0.320. The van der Waals surface area contributed by atoms with Crippen LogP contribution in [0.25, 0.3) is 16.5 Å². The van der Waals surface area contributed by atoms with Crippen molar-refractivity contribution >= 4 is 16.7 Å². The van der Waals surface area contributed by atoms with Crippen LogP contribution in [0.5, 0.6) is 11.5 Å². The van der Waals surface area contributed by atoms with Crippen LogP contribution in [0, 0.1) is 5.82 Å². The molecule has 0 N–H and O–H groups in total. The topological polar surface area (TPSA) is 66.8 Å². The highest BCUT2D eigenvalue weighted by Crippen LogP contribution is 2.20. The summed E-state index contributed by atoms with van der Waals surface area (Å²) >= 11 is 0. The van der Waals surface area contributed by atoms with Gasteiger partial charge in [-0.3, -0.25) is 9.36 Å². The Balaban J connectivity index is 1.57. The number of rotatable bonds is 7. The van der Waals surface area contributed by atoms with E-state index >= 15 is 0 Å². The Morgan fingerprint density at radius 1 is 0.875 bits per heavy atom. The zero-order chi connectivity index (χ0) is 22.5. The van der Waals surface area contributed by atoms with Gasteiger partial charge in [-0.05, 0) is 54.6 Å². The summed E-state index contributed by atoms with van der Waals surface area (Å²) in [6, 6.07) is 19.4. The summed E-state index contributed by atoms with van der Waals surface area (Å²) in [7, 11) is 1.56. The zero-order valence-corrected chi connectivity index (χ0v) is 17.3. The summed E-state index contributed by atoms with van der Waals surface area (Å²) in [5, 5.41) is 0.909. The largest absolute Gasteiger partial charge is 0.497 e. The first-order valence-electron chi connectivity index (χ1n) is 9.91. The van der Waals surface area contributed by atoms with Gasteiger partial charge in [-0.25, -0.2) is 9.18 Å². The molecule has 0 atom stereocenters. The standard InChI is InChI=1S/C25H20FNO5/c1-30-19-12-8-18(9-13-19)27-16-23(21-4-2-3-5-22(21)24(27)28)25(29)32-15-14-31-20-10-6-17(26)7-11-20/h2-13,16H,14-15H2,1H3. The van der Waals surface area contributed by atoms with Gasteiger partial charge in [0.25, 0.3) is 5.56 Å². The van der Waals surface area contributed by atoms with Gasteiger partial charge in [0, 0.05) is 22.7 Å². The molecule has 0 aliphatic heterocycles. The van der Waals surface area contributed by atoms with E-state index in [1.807, 2.05) is 0 Å². The first-order chi connectivity index (χ1) is 15.6. The molecule has 0 radical (unpaired) electrons. The number of halogens is 1. The molecule has 32 heavy (non-hydrogen) atoms. The minimum absolute atomic E-state index is 0.00774. The number of pyridine rings is 1. The minimum Gasteiger partial charge on any atom is -0.497 e. The van der Waals surface area contributed by atoms with Crippen LogP contribution in [0.4, 0.5) is 4.39 Å². The normalized spacial score (nSPS) is 10.7. The number of esters is 1. The number of carbonyl (C=O) groups excluding carboxylic acids is 1.